The Labute approximate surface area is 197 Å². The standard InChI is InChI=1S/C23H16N8O2S/c1-31-17-5-3-2-4-16(17)18(12-19(31)32)33-22-28-20(26-15-8-6-14(13-24)7-9-15)27-21(29-22)30-23-25-10-11-34-23/h2-12H,1H3,(H2,25,26,27,28,29,30). The maximum absolute atomic E-state index is 12.5. The van der Waals surface area contributed by atoms with Gasteiger partial charge in [0.15, 0.2) is 5.13 Å². The number of ether oxygens (including phenoxy) is 1. The van der Waals surface area contributed by atoms with Crippen molar-refractivity contribution in [2.45, 2.75) is 0 Å². The summed E-state index contributed by atoms with van der Waals surface area (Å²) in [7, 11) is 1.70. The van der Waals surface area contributed by atoms with Crippen LogP contribution in [0.4, 0.5) is 22.7 Å². The van der Waals surface area contributed by atoms with Crippen molar-refractivity contribution >= 4 is 45.0 Å². The predicted octanol–water partition coefficient (Wildman–Crippen LogP) is 4.33. The average Bonchev–Trinajstić information content (AvgIpc) is 3.36. The number of nitriles is 1. The lowest BCUT2D eigenvalue weighted by Gasteiger charge is -2.12. The molecular weight excluding hydrogens is 452 g/mol. The number of anilines is 4. The van der Waals surface area contributed by atoms with Crippen LogP contribution in [0.3, 0.4) is 0 Å². The minimum absolute atomic E-state index is 0.0105. The molecule has 0 aliphatic rings. The van der Waals surface area contributed by atoms with E-state index >= 15 is 0 Å². The van der Waals surface area contributed by atoms with Crippen molar-refractivity contribution in [2.75, 3.05) is 10.6 Å². The van der Waals surface area contributed by atoms with Crippen LogP contribution in [-0.2, 0) is 7.05 Å². The third-order valence-corrected chi connectivity index (χ3v) is 5.54. The number of nitrogens with one attached hydrogen (secondary N) is 2. The van der Waals surface area contributed by atoms with Gasteiger partial charge >= 0.3 is 6.01 Å². The minimum atomic E-state index is -0.222. The Morgan fingerprint density at radius 3 is 2.53 bits per heavy atom. The summed E-state index contributed by atoms with van der Waals surface area (Å²) in [5.74, 6) is 0.751. The first-order valence-corrected chi connectivity index (χ1v) is 10.9. The lowest BCUT2D eigenvalue weighted by molar-refractivity contribution is 0.445. The summed E-state index contributed by atoms with van der Waals surface area (Å²) in [4.78, 5) is 29.8. The molecule has 0 aliphatic carbocycles. The number of aryl methyl sites for hydroxylation is 1. The normalized spacial score (nSPS) is 10.6. The van der Waals surface area contributed by atoms with Crippen molar-refractivity contribution in [2.24, 2.45) is 7.05 Å². The van der Waals surface area contributed by atoms with Gasteiger partial charge in [-0.15, -0.1) is 11.3 Å². The second-order valence-corrected chi connectivity index (χ2v) is 7.96. The third-order valence-electron chi connectivity index (χ3n) is 4.85. The molecule has 166 valence electrons. The lowest BCUT2D eigenvalue weighted by Crippen LogP contribution is -2.16. The van der Waals surface area contributed by atoms with E-state index in [1.807, 2.05) is 29.6 Å². The van der Waals surface area contributed by atoms with Gasteiger partial charge in [-0.3, -0.25) is 10.1 Å². The number of aromatic nitrogens is 5. The zero-order valence-corrected chi connectivity index (χ0v) is 18.6. The van der Waals surface area contributed by atoms with Gasteiger partial charge in [-0.25, -0.2) is 4.98 Å². The fourth-order valence-corrected chi connectivity index (χ4v) is 3.74. The van der Waals surface area contributed by atoms with Gasteiger partial charge in [0.2, 0.25) is 11.9 Å². The number of fused-ring (bicyclic) bond motifs is 1. The van der Waals surface area contributed by atoms with Crippen LogP contribution in [0, 0.1) is 11.3 Å². The van der Waals surface area contributed by atoms with Gasteiger partial charge in [0.1, 0.15) is 5.75 Å². The number of para-hydroxylation sites is 1. The minimum Gasteiger partial charge on any atom is -0.423 e. The van der Waals surface area contributed by atoms with Gasteiger partial charge in [-0.05, 0) is 36.4 Å². The van der Waals surface area contributed by atoms with Gasteiger partial charge in [0.05, 0.1) is 17.1 Å². The van der Waals surface area contributed by atoms with Crippen LogP contribution in [0.25, 0.3) is 10.9 Å². The van der Waals surface area contributed by atoms with Crippen molar-refractivity contribution in [3.8, 4) is 17.8 Å². The highest BCUT2D eigenvalue weighted by molar-refractivity contribution is 7.13. The van der Waals surface area contributed by atoms with E-state index in [4.69, 9.17) is 10.00 Å². The van der Waals surface area contributed by atoms with Crippen LogP contribution in [-0.4, -0.2) is 24.5 Å². The summed E-state index contributed by atoms with van der Waals surface area (Å²) in [6.45, 7) is 0. The molecule has 0 aliphatic heterocycles. The summed E-state index contributed by atoms with van der Waals surface area (Å²) in [5.41, 5.74) is 1.71. The first kappa shape index (κ1) is 21.0. The summed E-state index contributed by atoms with van der Waals surface area (Å²) >= 11 is 1.39. The number of benzene rings is 2. The highest BCUT2D eigenvalue weighted by Gasteiger charge is 2.14. The fraction of sp³-hybridized carbons (Fsp3) is 0.0435. The number of thiazole rings is 1. The first-order valence-electron chi connectivity index (χ1n) is 10.1. The number of hydrogen-bond donors (Lipinski definition) is 2. The van der Waals surface area contributed by atoms with Crippen LogP contribution in [0.5, 0.6) is 11.8 Å². The quantitative estimate of drug-likeness (QED) is 0.374. The molecule has 34 heavy (non-hydrogen) atoms. The molecule has 10 nitrogen and oxygen atoms in total. The zero-order chi connectivity index (χ0) is 23.5. The van der Waals surface area contributed by atoms with Crippen molar-refractivity contribution in [3.05, 3.63) is 82.1 Å². The molecule has 0 saturated carbocycles. The van der Waals surface area contributed by atoms with Gasteiger partial charge in [0, 0.05) is 35.8 Å². The van der Waals surface area contributed by atoms with E-state index in [1.54, 1.807) is 42.1 Å². The van der Waals surface area contributed by atoms with E-state index in [-0.39, 0.29) is 23.5 Å². The van der Waals surface area contributed by atoms with Crippen molar-refractivity contribution in [1.29, 1.82) is 5.26 Å². The Hall–Kier alpha value is -4.82. The van der Waals surface area contributed by atoms with Crippen molar-refractivity contribution < 1.29 is 4.74 Å². The van der Waals surface area contributed by atoms with Gasteiger partial charge in [0.25, 0.3) is 5.56 Å². The maximum atomic E-state index is 12.5. The lowest BCUT2D eigenvalue weighted by atomic mass is 10.2. The largest absolute Gasteiger partial charge is 0.423 e. The van der Waals surface area contributed by atoms with E-state index in [9.17, 15) is 4.79 Å². The SMILES string of the molecule is Cn1c(=O)cc(Oc2nc(Nc3ccc(C#N)cc3)nc(Nc3nccs3)n2)c2ccccc21. The van der Waals surface area contributed by atoms with Crippen LogP contribution >= 0.6 is 11.3 Å². The Bertz CT molecular complexity index is 1570. The van der Waals surface area contributed by atoms with Crippen LogP contribution in [0.1, 0.15) is 5.56 Å². The number of hydrogen-bond acceptors (Lipinski definition) is 10. The molecule has 3 heterocycles. The molecular formula is C23H16N8O2S. The Balaban J connectivity index is 1.54. The number of rotatable bonds is 6. The predicted molar refractivity (Wildman–Crippen MR) is 129 cm³/mol. The highest BCUT2D eigenvalue weighted by atomic mass is 32.1. The first-order chi connectivity index (χ1) is 16.6. The molecule has 11 heteroatoms. The molecule has 3 aromatic heterocycles. The van der Waals surface area contributed by atoms with Crippen LogP contribution < -0.4 is 20.9 Å². The van der Waals surface area contributed by atoms with Crippen molar-refractivity contribution in [3.63, 3.8) is 0 Å². The topological polar surface area (TPSA) is 131 Å². The Morgan fingerprint density at radius 2 is 1.79 bits per heavy atom. The second kappa shape index (κ2) is 8.97. The average molecular weight is 469 g/mol. The maximum Gasteiger partial charge on any atom is 0.328 e. The Morgan fingerprint density at radius 1 is 1.03 bits per heavy atom. The molecule has 0 saturated heterocycles. The molecule has 0 spiro atoms. The molecule has 0 amide bonds. The summed E-state index contributed by atoms with van der Waals surface area (Å²) in [5, 5.41) is 18.3. The van der Waals surface area contributed by atoms with E-state index in [2.05, 4.69) is 36.6 Å². The number of pyridine rings is 1. The van der Waals surface area contributed by atoms with E-state index < -0.39 is 0 Å². The molecule has 2 aromatic carbocycles. The number of nitrogens with zero attached hydrogens (tertiary/aromatic N) is 6. The highest BCUT2D eigenvalue weighted by Crippen LogP contribution is 2.28. The molecule has 2 N–H and O–H groups in total. The fourth-order valence-electron chi connectivity index (χ4n) is 3.21. The molecule has 5 rings (SSSR count). The van der Waals surface area contributed by atoms with Gasteiger partial charge in [-0.1, -0.05) is 12.1 Å². The molecule has 0 unspecified atom stereocenters. The monoisotopic (exact) mass is 468 g/mol. The van der Waals surface area contributed by atoms with Gasteiger partial charge in [-0.2, -0.15) is 20.2 Å². The molecule has 0 fully saturated rings. The summed E-state index contributed by atoms with van der Waals surface area (Å²) in [6.07, 6.45) is 1.66. The van der Waals surface area contributed by atoms with E-state index in [0.717, 1.165) is 10.9 Å². The summed E-state index contributed by atoms with van der Waals surface area (Å²) in [6, 6.07) is 17.7. The van der Waals surface area contributed by atoms with E-state index in [1.165, 1.54) is 17.4 Å². The van der Waals surface area contributed by atoms with Gasteiger partial charge < -0.3 is 14.6 Å². The molecule has 0 radical (unpaired) electrons. The van der Waals surface area contributed by atoms with Crippen LogP contribution in [0.15, 0.2) is 71.0 Å². The Kier molecular flexibility index (Phi) is 5.55. The van der Waals surface area contributed by atoms with Crippen LogP contribution in [0.2, 0.25) is 0 Å². The van der Waals surface area contributed by atoms with E-state index in [0.29, 0.717) is 22.1 Å². The molecule has 0 bridgehead atoms. The molecule has 5 aromatic rings. The van der Waals surface area contributed by atoms with Crippen molar-refractivity contribution in [1.82, 2.24) is 24.5 Å². The summed E-state index contributed by atoms with van der Waals surface area (Å²) < 4.78 is 7.53. The second-order valence-electron chi connectivity index (χ2n) is 7.07. The molecule has 0 atom stereocenters. The third kappa shape index (κ3) is 4.38. The zero-order valence-electron chi connectivity index (χ0n) is 17.8. The smallest absolute Gasteiger partial charge is 0.328 e.